The lowest BCUT2D eigenvalue weighted by atomic mass is 10.1. The summed E-state index contributed by atoms with van der Waals surface area (Å²) in [7, 11) is 1.55. The molecule has 0 spiro atoms. The molecule has 4 nitrogen and oxygen atoms in total. The second-order valence-electron chi connectivity index (χ2n) is 3.25. The number of hydrogen-bond acceptors (Lipinski definition) is 2. The first-order chi connectivity index (χ1) is 7.65. The Morgan fingerprint density at radius 1 is 1.44 bits per heavy atom. The number of nitrogens with one attached hydrogen (secondary N) is 2. The molecule has 1 aromatic rings. The lowest BCUT2D eigenvalue weighted by molar-refractivity contribution is 0.254. The number of anilines is 1. The van der Waals surface area contributed by atoms with Crippen LogP contribution in [0.1, 0.15) is 11.1 Å². The summed E-state index contributed by atoms with van der Waals surface area (Å²) in [6.07, 6.45) is 0. The molecule has 0 heterocycles. The van der Waals surface area contributed by atoms with Crippen molar-refractivity contribution in [1.82, 2.24) is 5.32 Å². The van der Waals surface area contributed by atoms with Gasteiger partial charge in [-0.25, -0.2) is 4.79 Å². The molecule has 0 aliphatic rings. The highest BCUT2D eigenvalue weighted by molar-refractivity contribution is 5.89. The van der Waals surface area contributed by atoms with Gasteiger partial charge in [-0.1, -0.05) is 11.8 Å². The molecule has 0 bridgehead atoms. The van der Waals surface area contributed by atoms with Gasteiger partial charge < -0.3 is 15.7 Å². The Morgan fingerprint density at radius 2 is 2.19 bits per heavy atom. The van der Waals surface area contributed by atoms with Crippen molar-refractivity contribution < 1.29 is 9.90 Å². The van der Waals surface area contributed by atoms with Gasteiger partial charge in [0.05, 0.1) is 0 Å². The van der Waals surface area contributed by atoms with Gasteiger partial charge in [-0.15, -0.1) is 0 Å². The van der Waals surface area contributed by atoms with Crippen LogP contribution in [-0.2, 0) is 0 Å². The van der Waals surface area contributed by atoms with E-state index in [1.165, 1.54) is 0 Å². The van der Waals surface area contributed by atoms with Crippen LogP contribution in [-0.4, -0.2) is 24.8 Å². The number of rotatable bonds is 1. The van der Waals surface area contributed by atoms with E-state index in [2.05, 4.69) is 22.5 Å². The SMILES string of the molecule is CNC(=O)Nc1cc(C)cc(C#CCO)c1. The van der Waals surface area contributed by atoms with Crippen molar-refractivity contribution in [2.75, 3.05) is 19.0 Å². The summed E-state index contributed by atoms with van der Waals surface area (Å²) in [4.78, 5) is 11.1. The number of aryl methyl sites for hydroxylation is 1. The molecule has 0 aliphatic carbocycles. The zero-order valence-corrected chi connectivity index (χ0v) is 9.29. The van der Waals surface area contributed by atoms with Gasteiger partial charge in [0, 0.05) is 18.3 Å². The molecule has 0 radical (unpaired) electrons. The van der Waals surface area contributed by atoms with Crippen LogP contribution in [0.25, 0.3) is 0 Å². The Kier molecular flexibility index (Phi) is 4.37. The smallest absolute Gasteiger partial charge is 0.318 e. The topological polar surface area (TPSA) is 61.4 Å². The zero-order valence-electron chi connectivity index (χ0n) is 9.29. The van der Waals surface area contributed by atoms with Gasteiger partial charge in [-0.2, -0.15) is 0 Å². The molecule has 0 fully saturated rings. The van der Waals surface area contributed by atoms with Crippen molar-refractivity contribution in [3.05, 3.63) is 29.3 Å². The van der Waals surface area contributed by atoms with E-state index in [0.717, 1.165) is 11.1 Å². The molecule has 0 saturated heterocycles. The van der Waals surface area contributed by atoms with Gasteiger partial charge in [-0.05, 0) is 30.7 Å². The number of aliphatic hydroxyl groups excluding tert-OH is 1. The molecule has 3 N–H and O–H groups in total. The molecule has 0 saturated carbocycles. The average molecular weight is 218 g/mol. The molecule has 1 aromatic carbocycles. The highest BCUT2D eigenvalue weighted by atomic mass is 16.2. The third kappa shape index (κ3) is 3.64. The Balaban J connectivity index is 2.94. The number of benzene rings is 1. The van der Waals surface area contributed by atoms with E-state index in [9.17, 15) is 4.79 Å². The first kappa shape index (κ1) is 12.1. The predicted molar refractivity (Wildman–Crippen MR) is 63.2 cm³/mol. The molecule has 1 rings (SSSR count). The summed E-state index contributed by atoms with van der Waals surface area (Å²) in [6.45, 7) is 1.74. The minimum atomic E-state index is -0.272. The lowest BCUT2D eigenvalue weighted by Crippen LogP contribution is -2.24. The largest absolute Gasteiger partial charge is 0.384 e. The minimum Gasteiger partial charge on any atom is -0.384 e. The molecule has 0 unspecified atom stereocenters. The number of aliphatic hydroxyl groups is 1. The Bertz CT molecular complexity index is 444. The number of amides is 2. The maximum atomic E-state index is 11.1. The van der Waals surface area contributed by atoms with Crippen LogP contribution in [0.4, 0.5) is 10.5 Å². The second-order valence-corrected chi connectivity index (χ2v) is 3.25. The lowest BCUT2D eigenvalue weighted by Gasteiger charge is -2.06. The van der Waals surface area contributed by atoms with E-state index in [1.54, 1.807) is 13.1 Å². The van der Waals surface area contributed by atoms with Gasteiger partial charge in [-0.3, -0.25) is 0 Å². The minimum absolute atomic E-state index is 0.174. The maximum absolute atomic E-state index is 11.1. The van der Waals surface area contributed by atoms with Crippen LogP contribution < -0.4 is 10.6 Å². The average Bonchev–Trinajstić information content (AvgIpc) is 2.25. The second kappa shape index (κ2) is 5.79. The fourth-order valence-electron chi connectivity index (χ4n) is 1.26. The van der Waals surface area contributed by atoms with E-state index in [-0.39, 0.29) is 12.6 Å². The standard InChI is InChI=1S/C12H14N2O2/c1-9-6-10(4-3-5-15)8-11(7-9)14-12(16)13-2/h6-8,15H,5H2,1-2H3,(H2,13,14,16). The van der Waals surface area contributed by atoms with Crippen LogP contribution >= 0.6 is 0 Å². The summed E-state index contributed by atoms with van der Waals surface area (Å²) in [5.41, 5.74) is 2.44. The fraction of sp³-hybridized carbons (Fsp3) is 0.250. The summed E-state index contributed by atoms with van der Waals surface area (Å²) >= 11 is 0. The summed E-state index contributed by atoms with van der Waals surface area (Å²) in [5.74, 6) is 5.36. The summed E-state index contributed by atoms with van der Waals surface area (Å²) in [6, 6.07) is 5.22. The Labute approximate surface area is 94.7 Å². The third-order valence-electron chi connectivity index (χ3n) is 1.87. The van der Waals surface area contributed by atoms with Crippen molar-refractivity contribution in [3.8, 4) is 11.8 Å². The highest BCUT2D eigenvalue weighted by Crippen LogP contribution is 2.13. The van der Waals surface area contributed by atoms with Crippen LogP contribution in [0.3, 0.4) is 0 Å². The molecule has 0 aliphatic heterocycles. The van der Waals surface area contributed by atoms with Crippen LogP contribution in [0, 0.1) is 18.8 Å². The molecule has 4 heteroatoms. The van der Waals surface area contributed by atoms with E-state index in [4.69, 9.17) is 5.11 Å². The van der Waals surface area contributed by atoms with E-state index >= 15 is 0 Å². The molecular formula is C12H14N2O2. The summed E-state index contributed by atoms with van der Waals surface area (Å²) < 4.78 is 0. The number of carbonyl (C=O) groups excluding carboxylic acids is 1. The van der Waals surface area contributed by atoms with Crippen molar-refractivity contribution in [2.45, 2.75) is 6.92 Å². The maximum Gasteiger partial charge on any atom is 0.318 e. The first-order valence-corrected chi connectivity index (χ1v) is 4.86. The van der Waals surface area contributed by atoms with E-state index in [1.807, 2.05) is 19.1 Å². The molecule has 0 aromatic heterocycles. The fourth-order valence-corrected chi connectivity index (χ4v) is 1.26. The van der Waals surface area contributed by atoms with E-state index in [0.29, 0.717) is 5.69 Å². The first-order valence-electron chi connectivity index (χ1n) is 4.86. The number of carbonyl (C=O) groups is 1. The number of hydrogen-bond donors (Lipinski definition) is 3. The quantitative estimate of drug-likeness (QED) is 0.618. The van der Waals surface area contributed by atoms with Gasteiger partial charge in [0.15, 0.2) is 0 Å². The predicted octanol–water partition coefficient (Wildman–Crippen LogP) is 1.09. The van der Waals surface area contributed by atoms with Crippen molar-refractivity contribution in [3.63, 3.8) is 0 Å². The zero-order chi connectivity index (χ0) is 12.0. The van der Waals surface area contributed by atoms with Gasteiger partial charge in [0.1, 0.15) is 6.61 Å². The Morgan fingerprint density at radius 3 is 2.81 bits per heavy atom. The van der Waals surface area contributed by atoms with Gasteiger partial charge in [0.2, 0.25) is 0 Å². The van der Waals surface area contributed by atoms with Crippen molar-refractivity contribution >= 4 is 11.7 Å². The molecule has 0 atom stereocenters. The monoisotopic (exact) mass is 218 g/mol. The van der Waals surface area contributed by atoms with Crippen molar-refractivity contribution in [2.24, 2.45) is 0 Å². The van der Waals surface area contributed by atoms with E-state index < -0.39 is 0 Å². The van der Waals surface area contributed by atoms with Gasteiger partial charge in [0.25, 0.3) is 0 Å². The summed E-state index contributed by atoms with van der Waals surface area (Å²) in [5, 5.41) is 13.7. The van der Waals surface area contributed by atoms with Crippen molar-refractivity contribution in [1.29, 1.82) is 0 Å². The molecule has 84 valence electrons. The molecule has 16 heavy (non-hydrogen) atoms. The Hall–Kier alpha value is -1.99. The van der Waals surface area contributed by atoms with Gasteiger partial charge >= 0.3 is 6.03 Å². The van der Waals surface area contributed by atoms with Crippen LogP contribution in [0.5, 0.6) is 0 Å². The normalized spacial score (nSPS) is 8.94. The van der Waals surface area contributed by atoms with Crippen LogP contribution in [0.15, 0.2) is 18.2 Å². The third-order valence-corrected chi connectivity index (χ3v) is 1.87. The molecular weight excluding hydrogens is 204 g/mol. The van der Waals surface area contributed by atoms with Crippen LogP contribution in [0.2, 0.25) is 0 Å². The molecule has 2 amide bonds. The number of urea groups is 1. The highest BCUT2D eigenvalue weighted by Gasteiger charge is 2.00.